The summed E-state index contributed by atoms with van der Waals surface area (Å²) in [6.45, 7) is 3.30. The van der Waals surface area contributed by atoms with Gasteiger partial charge < -0.3 is 10.5 Å². The Labute approximate surface area is 164 Å². The Morgan fingerprint density at radius 3 is 2.46 bits per heavy atom. The van der Waals surface area contributed by atoms with E-state index in [1.54, 1.807) is 13.0 Å². The predicted molar refractivity (Wildman–Crippen MR) is 102 cm³/mol. The molecule has 0 spiro atoms. The average molecular weight is 405 g/mol. The van der Waals surface area contributed by atoms with E-state index in [0.717, 1.165) is 19.3 Å². The van der Waals surface area contributed by atoms with Crippen LogP contribution in [-0.4, -0.2) is 44.2 Å². The molecule has 1 aromatic carbocycles. The number of benzene rings is 1. The molecule has 28 heavy (non-hydrogen) atoms. The molecule has 0 saturated carbocycles. The quantitative estimate of drug-likeness (QED) is 0.432. The highest BCUT2D eigenvalue weighted by Gasteiger charge is 2.28. The predicted octanol–water partition coefficient (Wildman–Crippen LogP) is 1.65. The van der Waals surface area contributed by atoms with Crippen molar-refractivity contribution in [2.24, 2.45) is 5.73 Å². The van der Waals surface area contributed by atoms with Crippen LogP contribution in [0.15, 0.2) is 34.4 Å². The number of carbonyl (C=O) groups is 2. The van der Waals surface area contributed by atoms with Crippen molar-refractivity contribution in [3.8, 4) is 6.07 Å². The van der Waals surface area contributed by atoms with Crippen molar-refractivity contribution < 1.29 is 22.7 Å². The fraction of sp³-hybridized carbons (Fsp3) is 0.421. The lowest BCUT2D eigenvalue weighted by Crippen LogP contribution is -2.36. The lowest BCUT2D eigenvalue weighted by Gasteiger charge is -2.26. The van der Waals surface area contributed by atoms with Gasteiger partial charge in [0.05, 0.1) is 10.5 Å². The largest absolute Gasteiger partial charge is 0.454 e. The number of carbonyl (C=O) groups excluding carboxylic acids is 2. The van der Waals surface area contributed by atoms with Crippen LogP contribution < -0.4 is 5.73 Å². The molecule has 1 heterocycles. The average Bonchev–Trinajstić information content (AvgIpc) is 2.67. The smallest absolute Gasteiger partial charge is 0.338 e. The van der Waals surface area contributed by atoms with Crippen LogP contribution in [-0.2, 0) is 19.6 Å². The van der Waals surface area contributed by atoms with Crippen LogP contribution >= 0.6 is 0 Å². The molecule has 0 amide bonds. The molecule has 8 nitrogen and oxygen atoms in total. The van der Waals surface area contributed by atoms with Crippen LogP contribution in [0.2, 0.25) is 0 Å². The molecule has 1 saturated heterocycles. The minimum atomic E-state index is -3.72. The second-order valence-corrected chi connectivity index (χ2v) is 8.52. The zero-order valence-corrected chi connectivity index (χ0v) is 16.7. The number of esters is 1. The van der Waals surface area contributed by atoms with E-state index >= 15 is 0 Å². The van der Waals surface area contributed by atoms with Gasteiger partial charge in [-0.05, 0) is 44.4 Å². The van der Waals surface area contributed by atoms with Gasteiger partial charge in [0.1, 0.15) is 11.6 Å². The van der Waals surface area contributed by atoms with Crippen molar-refractivity contribution in [1.82, 2.24) is 4.31 Å². The van der Waals surface area contributed by atoms with Gasteiger partial charge in [0.15, 0.2) is 6.61 Å². The second-order valence-electron chi connectivity index (χ2n) is 6.61. The number of nitrogens with zero attached hydrogens (tertiary/aromatic N) is 2. The number of aryl methyl sites for hydroxylation is 1. The SMILES string of the molecule is C/C(N)=C(\C#N)C(=O)COC(=O)c1ccc(C)c(S(=O)(=O)N2CCCCC2)c1. The maximum absolute atomic E-state index is 12.9. The first kappa shape index (κ1) is 21.6. The third-order valence-electron chi connectivity index (χ3n) is 4.48. The van der Waals surface area contributed by atoms with E-state index in [-0.39, 0.29) is 21.7 Å². The van der Waals surface area contributed by atoms with E-state index in [1.807, 2.05) is 0 Å². The van der Waals surface area contributed by atoms with Gasteiger partial charge in [0.25, 0.3) is 0 Å². The zero-order valence-electron chi connectivity index (χ0n) is 15.9. The van der Waals surface area contributed by atoms with E-state index in [4.69, 9.17) is 15.7 Å². The van der Waals surface area contributed by atoms with Gasteiger partial charge >= 0.3 is 5.97 Å². The zero-order chi connectivity index (χ0) is 20.9. The van der Waals surface area contributed by atoms with Gasteiger partial charge in [0.2, 0.25) is 15.8 Å². The summed E-state index contributed by atoms with van der Waals surface area (Å²) >= 11 is 0. The Kier molecular flexibility index (Phi) is 6.94. The molecule has 1 aliphatic heterocycles. The number of rotatable bonds is 6. The van der Waals surface area contributed by atoms with Crippen molar-refractivity contribution >= 4 is 21.8 Å². The van der Waals surface area contributed by atoms with Crippen LogP contribution in [0, 0.1) is 18.3 Å². The highest BCUT2D eigenvalue weighted by molar-refractivity contribution is 7.89. The summed E-state index contributed by atoms with van der Waals surface area (Å²) in [5.74, 6) is -1.57. The number of sulfonamides is 1. The first-order chi connectivity index (χ1) is 13.2. The number of ketones is 1. The molecule has 2 N–H and O–H groups in total. The van der Waals surface area contributed by atoms with Crippen molar-refractivity contribution in [1.29, 1.82) is 5.26 Å². The van der Waals surface area contributed by atoms with Gasteiger partial charge in [-0.25, -0.2) is 13.2 Å². The minimum Gasteiger partial charge on any atom is -0.454 e. The molecule has 9 heteroatoms. The summed E-state index contributed by atoms with van der Waals surface area (Å²) in [4.78, 5) is 24.2. The van der Waals surface area contributed by atoms with Crippen LogP contribution in [0.4, 0.5) is 0 Å². The van der Waals surface area contributed by atoms with Crippen LogP contribution in [0.1, 0.15) is 42.1 Å². The highest BCUT2D eigenvalue weighted by atomic mass is 32.2. The number of Topliss-reactive ketones (excluding diaryl/α,β-unsaturated/α-hetero) is 1. The lowest BCUT2D eigenvalue weighted by molar-refractivity contribution is -0.118. The van der Waals surface area contributed by atoms with Crippen LogP contribution in [0.5, 0.6) is 0 Å². The first-order valence-electron chi connectivity index (χ1n) is 8.86. The monoisotopic (exact) mass is 405 g/mol. The Bertz CT molecular complexity index is 950. The maximum atomic E-state index is 12.9. The van der Waals surface area contributed by atoms with Gasteiger partial charge in [-0.2, -0.15) is 9.57 Å². The summed E-state index contributed by atoms with van der Waals surface area (Å²) in [6.07, 6.45) is 2.60. The molecule has 1 aliphatic rings. The number of piperidine rings is 1. The number of nitrogens with two attached hydrogens (primary N) is 1. The molecule has 2 rings (SSSR count). The van der Waals surface area contributed by atoms with Gasteiger partial charge in [-0.1, -0.05) is 12.5 Å². The Balaban J connectivity index is 2.20. The molecular weight excluding hydrogens is 382 g/mol. The van der Waals surface area contributed by atoms with Crippen molar-refractivity contribution in [3.05, 3.63) is 40.6 Å². The summed E-state index contributed by atoms with van der Waals surface area (Å²) in [7, 11) is -3.72. The molecule has 0 unspecified atom stereocenters. The van der Waals surface area contributed by atoms with Crippen molar-refractivity contribution in [2.45, 2.75) is 38.0 Å². The highest BCUT2D eigenvalue weighted by Crippen LogP contribution is 2.24. The molecule has 0 aliphatic carbocycles. The van der Waals surface area contributed by atoms with Crippen LogP contribution in [0.25, 0.3) is 0 Å². The molecule has 0 bridgehead atoms. The number of ether oxygens (including phenoxy) is 1. The molecule has 1 aromatic rings. The molecule has 0 atom stereocenters. The summed E-state index contributed by atoms with van der Waals surface area (Å²) in [5.41, 5.74) is 5.74. The fourth-order valence-electron chi connectivity index (χ4n) is 2.91. The van der Waals surface area contributed by atoms with E-state index in [2.05, 4.69) is 0 Å². The van der Waals surface area contributed by atoms with Crippen molar-refractivity contribution in [3.63, 3.8) is 0 Å². The fourth-order valence-corrected chi connectivity index (χ4v) is 4.67. The number of hydrogen-bond donors (Lipinski definition) is 1. The molecular formula is C19H23N3O5S. The molecule has 1 fully saturated rings. The number of hydrogen-bond acceptors (Lipinski definition) is 7. The molecule has 0 radical (unpaired) electrons. The Morgan fingerprint density at radius 1 is 1.25 bits per heavy atom. The number of nitriles is 1. The van der Waals surface area contributed by atoms with Gasteiger partial charge in [-0.3, -0.25) is 4.79 Å². The maximum Gasteiger partial charge on any atom is 0.338 e. The standard InChI is InChI=1S/C19H23N3O5S/c1-13-6-7-15(19(24)27-12-17(23)16(11-20)14(2)21)10-18(13)28(25,26)22-8-4-3-5-9-22/h6-7,10H,3-5,8-9,12,21H2,1-2H3/b16-14-. The van der Waals surface area contributed by atoms with E-state index < -0.39 is 28.4 Å². The summed E-state index contributed by atoms with van der Waals surface area (Å²) < 4.78 is 32.2. The van der Waals surface area contributed by atoms with E-state index in [9.17, 15) is 18.0 Å². The van der Waals surface area contributed by atoms with Gasteiger partial charge in [-0.15, -0.1) is 0 Å². The molecule has 0 aromatic heterocycles. The number of allylic oxidation sites excluding steroid dienone is 1. The van der Waals surface area contributed by atoms with E-state index in [0.29, 0.717) is 18.7 Å². The van der Waals surface area contributed by atoms with E-state index in [1.165, 1.54) is 29.4 Å². The normalized spacial score (nSPS) is 16.0. The molecule has 150 valence electrons. The Morgan fingerprint density at radius 2 is 1.89 bits per heavy atom. The second kappa shape index (κ2) is 8.99. The topological polar surface area (TPSA) is 131 Å². The van der Waals surface area contributed by atoms with Gasteiger partial charge in [0, 0.05) is 18.8 Å². The third-order valence-corrected chi connectivity index (χ3v) is 6.52. The van der Waals surface area contributed by atoms with Crippen LogP contribution in [0.3, 0.4) is 0 Å². The third kappa shape index (κ3) is 4.77. The summed E-state index contributed by atoms with van der Waals surface area (Å²) in [5, 5.41) is 8.91. The summed E-state index contributed by atoms with van der Waals surface area (Å²) in [6, 6.07) is 5.90. The Hall–Kier alpha value is -2.70. The first-order valence-corrected chi connectivity index (χ1v) is 10.3. The van der Waals surface area contributed by atoms with Crippen molar-refractivity contribution in [2.75, 3.05) is 19.7 Å². The minimum absolute atomic E-state index is 0.0148. The lowest BCUT2D eigenvalue weighted by atomic mass is 10.1.